The number of anilines is 1. The van der Waals surface area contributed by atoms with Crippen molar-refractivity contribution < 1.29 is 9.90 Å². The second-order valence-corrected chi connectivity index (χ2v) is 5.37. The third-order valence-corrected chi connectivity index (χ3v) is 3.74. The summed E-state index contributed by atoms with van der Waals surface area (Å²) in [6.45, 7) is 3.05. The molecule has 1 aliphatic rings. The van der Waals surface area contributed by atoms with Gasteiger partial charge in [0, 0.05) is 12.7 Å². The number of carbonyl (C=O) groups is 1. The van der Waals surface area contributed by atoms with Gasteiger partial charge in [-0.1, -0.05) is 24.9 Å². The molecular weight excluding hydrogens is 252 g/mol. The summed E-state index contributed by atoms with van der Waals surface area (Å²) in [6.07, 6.45) is 6.22. The van der Waals surface area contributed by atoms with Gasteiger partial charge in [-0.05, 0) is 30.7 Å². The average molecular weight is 269 g/mol. The second kappa shape index (κ2) is 5.14. The molecule has 4 nitrogen and oxygen atoms in total. The Morgan fingerprint density at radius 1 is 1.61 bits per heavy atom. The second-order valence-electron chi connectivity index (χ2n) is 4.96. The molecule has 98 valence electrons. The van der Waals surface area contributed by atoms with Crippen molar-refractivity contribution in [1.82, 2.24) is 4.98 Å². The number of halogens is 1. The minimum Gasteiger partial charge on any atom is -0.478 e. The summed E-state index contributed by atoms with van der Waals surface area (Å²) >= 11 is 6.01. The van der Waals surface area contributed by atoms with Crippen molar-refractivity contribution in [3.05, 3.63) is 22.8 Å². The van der Waals surface area contributed by atoms with Gasteiger partial charge in [0.05, 0.1) is 10.6 Å². The third-order valence-electron chi connectivity index (χ3n) is 3.46. The molecule has 2 N–H and O–H groups in total. The molecule has 0 amide bonds. The van der Waals surface area contributed by atoms with Crippen LogP contribution in [0.4, 0.5) is 5.82 Å². The Bertz CT molecular complexity index is 458. The molecule has 1 aromatic heterocycles. The molecule has 18 heavy (non-hydrogen) atoms. The first-order chi connectivity index (χ1) is 8.56. The fraction of sp³-hybridized carbons (Fsp3) is 0.538. The number of hydrogen-bond acceptors (Lipinski definition) is 3. The van der Waals surface area contributed by atoms with E-state index in [9.17, 15) is 4.79 Å². The molecule has 1 fully saturated rings. The molecule has 0 aromatic carbocycles. The molecule has 0 aliphatic heterocycles. The first-order valence-corrected chi connectivity index (χ1v) is 6.57. The number of rotatable bonds is 6. The predicted octanol–water partition coefficient (Wildman–Crippen LogP) is 3.43. The molecule has 5 heteroatoms. The summed E-state index contributed by atoms with van der Waals surface area (Å²) < 4.78 is 0. The van der Waals surface area contributed by atoms with Crippen molar-refractivity contribution in [3.8, 4) is 0 Å². The fourth-order valence-electron chi connectivity index (χ4n) is 2.18. The quantitative estimate of drug-likeness (QED) is 0.830. The van der Waals surface area contributed by atoms with E-state index in [4.69, 9.17) is 16.7 Å². The van der Waals surface area contributed by atoms with Gasteiger partial charge < -0.3 is 10.4 Å². The van der Waals surface area contributed by atoms with Crippen molar-refractivity contribution in [3.63, 3.8) is 0 Å². The Labute approximate surface area is 111 Å². The number of aromatic nitrogens is 1. The molecule has 2 rings (SSSR count). The van der Waals surface area contributed by atoms with Crippen LogP contribution in [0, 0.1) is 5.41 Å². The van der Waals surface area contributed by atoms with E-state index in [1.807, 2.05) is 0 Å². The minimum atomic E-state index is -1.01. The first-order valence-electron chi connectivity index (χ1n) is 6.19. The van der Waals surface area contributed by atoms with Gasteiger partial charge in [0.15, 0.2) is 0 Å². The zero-order chi connectivity index (χ0) is 13.2. The number of pyridine rings is 1. The van der Waals surface area contributed by atoms with Crippen molar-refractivity contribution in [2.75, 3.05) is 11.9 Å². The Morgan fingerprint density at radius 2 is 2.33 bits per heavy atom. The minimum absolute atomic E-state index is 0.111. The molecule has 0 radical (unpaired) electrons. The highest BCUT2D eigenvalue weighted by Crippen LogP contribution is 2.49. The molecule has 1 aromatic rings. The summed E-state index contributed by atoms with van der Waals surface area (Å²) in [5, 5.41) is 12.4. The van der Waals surface area contributed by atoms with Gasteiger partial charge in [-0.3, -0.25) is 0 Å². The molecule has 1 aliphatic carbocycles. The molecule has 0 spiro atoms. The van der Waals surface area contributed by atoms with Crippen LogP contribution in [0.2, 0.25) is 5.02 Å². The highest BCUT2D eigenvalue weighted by atomic mass is 35.5. The number of carboxylic acid groups (broad SMARTS) is 1. The zero-order valence-electron chi connectivity index (χ0n) is 10.4. The SMILES string of the molecule is CCCC1(CNc2ncc(C(=O)O)cc2Cl)CC1. The van der Waals surface area contributed by atoms with Crippen LogP contribution in [0.1, 0.15) is 43.0 Å². The van der Waals surface area contributed by atoms with Crippen LogP contribution in [0.15, 0.2) is 12.3 Å². The van der Waals surface area contributed by atoms with Crippen molar-refractivity contribution >= 4 is 23.4 Å². The van der Waals surface area contributed by atoms with E-state index in [2.05, 4.69) is 17.2 Å². The normalized spacial score (nSPS) is 16.3. The zero-order valence-corrected chi connectivity index (χ0v) is 11.1. The van der Waals surface area contributed by atoms with E-state index in [1.54, 1.807) is 0 Å². The lowest BCUT2D eigenvalue weighted by Crippen LogP contribution is -2.16. The number of carboxylic acids is 1. The maximum absolute atomic E-state index is 10.8. The average Bonchev–Trinajstić information content (AvgIpc) is 3.08. The number of hydrogen-bond donors (Lipinski definition) is 2. The topological polar surface area (TPSA) is 62.2 Å². The molecule has 0 unspecified atom stereocenters. The van der Waals surface area contributed by atoms with Crippen molar-refractivity contribution in [1.29, 1.82) is 0 Å². The summed E-state index contributed by atoms with van der Waals surface area (Å²) in [6, 6.07) is 1.43. The van der Waals surface area contributed by atoms with E-state index < -0.39 is 5.97 Å². The van der Waals surface area contributed by atoms with E-state index in [1.165, 1.54) is 37.9 Å². The summed E-state index contributed by atoms with van der Waals surface area (Å²) in [4.78, 5) is 14.8. The number of aromatic carboxylic acids is 1. The highest BCUT2D eigenvalue weighted by Gasteiger charge is 2.41. The maximum atomic E-state index is 10.8. The van der Waals surface area contributed by atoms with Crippen LogP contribution >= 0.6 is 11.6 Å². The Morgan fingerprint density at radius 3 is 2.83 bits per heavy atom. The largest absolute Gasteiger partial charge is 0.478 e. The molecule has 0 saturated heterocycles. The van der Waals surface area contributed by atoms with Crippen LogP contribution in [-0.2, 0) is 0 Å². The van der Waals surface area contributed by atoms with Gasteiger partial charge in [0.2, 0.25) is 0 Å². The van der Waals surface area contributed by atoms with Gasteiger partial charge in [-0.15, -0.1) is 0 Å². The Kier molecular flexibility index (Phi) is 3.76. The summed E-state index contributed by atoms with van der Waals surface area (Å²) in [5.74, 6) is -0.440. The Hall–Kier alpha value is -1.29. The molecular formula is C13H17ClN2O2. The molecule has 0 bridgehead atoms. The smallest absolute Gasteiger partial charge is 0.337 e. The highest BCUT2D eigenvalue weighted by molar-refractivity contribution is 6.33. The number of nitrogens with zero attached hydrogens (tertiary/aromatic N) is 1. The number of nitrogens with one attached hydrogen (secondary N) is 1. The van der Waals surface area contributed by atoms with E-state index in [0.29, 0.717) is 16.3 Å². The Balaban J connectivity index is 2.00. The van der Waals surface area contributed by atoms with Gasteiger partial charge in [0.1, 0.15) is 5.82 Å². The van der Waals surface area contributed by atoms with Gasteiger partial charge >= 0.3 is 5.97 Å². The standard InChI is InChI=1S/C13H17ClN2O2/c1-2-3-13(4-5-13)8-16-11-10(14)6-9(7-15-11)12(17)18/h6-7H,2-5,8H2,1H3,(H,15,16)(H,17,18). The van der Waals surface area contributed by atoms with Crippen LogP contribution in [0.3, 0.4) is 0 Å². The van der Waals surface area contributed by atoms with Crippen LogP contribution in [0.25, 0.3) is 0 Å². The summed E-state index contributed by atoms with van der Waals surface area (Å²) in [7, 11) is 0. The molecule has 1 saturated carbocycles. The monoisotopic (exact) mass is 268 g/mol. The third kappa shape index (κ3) is 2.93. The van der Waals surface area contributed by atoms with E-state index in [0.717, 1.165) is 6.54 Å². The van der Waals surface area contributed by atoms with Crippen molar-refractivity contribution in [2.45, 2.75) is 32.6 Å². The molecule has 1 heterocycles. The molecule has 0 atom stereocenters. The maximum Gasteiger partial charge on any atom is 0.337 e. The lowest BCUT2D eigenvalue weighted by Gasteiger charge is -2.16. The predicted molar refractivity (Wildman–Crippen MR) is 71.3 cm³/mol. The van der Waals surface area contributed by atoms with Crippen LogP contribution in [0.5, 0.6) is 0 Å². The van der Waals surface area contributed by atoms with E-state index in [-0.39, 0.29) is 5.56 Å². The fourth-order valence-corrected chi connectivity index (χ4v) is 2.41. The first kappa shape index (κ1) is 13.1. The van der Waals surface area contributed by atoms with Crippen LogP contribution in [-0.4, -0.2) is 22.6 Å². The van der Waals surface area contributed by atoms with Crippen LogP contribution < -0.4 is 5.32 Å². The lowest BCUT2D eigenvalue weighted by atomic mass is 10.0. The van der Waals surface area contributed by atoms with E-state index >= 15 is 0 Å². The summed E-state index contributed by atoms with van der Waals surface area (Å²) in [5.41, 5.74) is 0.519. The van der Waals surface area contributed by atoms with Crippen molar-refractivity contribution in [2.24, 2.45) is 5.41 Å². The van der Waals surface area contributed by atoms with Gasteiger partial charge in [0.25, 0.3) is 0 Å². The van der Waals surface area contributed by atoms with Gasteiger partial charge in [-0.2, -0.15) is 0 Å². The van der Waals surface area contributed by atoms with Gasteiger partial charge in [-0.25, -0.2) is 9.78 Å². The lowest BCUT2D eigenvalue weighted by molar-refractivity contribution is 0.0696.